The van der Waals surface area contributed by atoms with Crippen molar-refractivity contribution in [1.82, 2.24) is 4.90 Å². The van der Waals surface area contributed by atoms with Crippen LogP contribution in [0.4, 0.5) is 0 Å². The molecule has 1 aromatic carbocycles. The van der Waals surface area contributed by atoms with E-state index >= 15 is 0 Å². The molecule has 2 rings (SSSR count). The number of rotatable bonds is 6. The summed E-state index contributed by atoms with van der Waals surface area (Å²) in [6.07, 6.45) is 2.06. The number of ether oxygens (including phenoxy) is 1. The predicted molar refractivity (Wildman–Crippen MR) is 85.3 cm³/mol. The van der Waals surface area contributed by atoms with Gasteiger partial charge in [0.2, 0.25) is 0 Å². The quantitative estimate of drug-likeness (QED) is 0.842. The third-order valence-corrected chi connectivity index (χ3v) is 4.29. The number of nitrogens with zero attached hydrogens (tertiary/aromatic N) is 1. The van der Waals surface area contributed by atoms with Crippen LogP contribution in [0.5, 0.6) is 5.75 Å². The smallest absolute Gasteiger partial charge is 0.119 e. The molecule has 0 aliphatic carbocycles. The van der Waals surface area contributed by atoms with E-state index in [0.29, 0.717) is 25.7 Å². The number of aliphatic hydroxyl groups is 1. The fraction of sp³-hybridized carbons (Fsp3) is 0.647. The van der Waals surface area contributed by atoms with E-state index in [-0.39, 0.29) is 0 Å². The molecule has 3 N–H and O–H groups in total. The van der Waals surface area contributed by atoms with Crippen LogP contribution in [0.2, 0.25) is 0 Å². The minimum Gasteiger partial charge on any atom is -0.491 e. The fourth-order valence-electron chi connectivity index (χ4n) is 2.87. The van der Waals surface area contributed by atoms with E-state index in [1.165, 1.54) is 12.8 Å². The molecule has 1 saturated heterocycles. The lowest BCUT2D eigenvalue weighted by atomic mass is 9.95. The SMILES string of the molecule is CC1CCC(C)N(CC(O)COc2ccc(CN)cc2)C1. The first-order valence-electron chi connectivity index (χ1n) is 7.92. The topological polar surface area (TPSA) is 58.7 Å². The summed E-state index contributed by atoms with van der Waals surface area (Å²) in [7, 11) is 0. The van der Waals surface area contributed by atoms with Gasteiger partial charge in [0.05, 0.1) is 0 Å². The highest BCUT2D eigenvalue weighted by Crippen LogP contribution is 2.21. The molecule has 1 aliphatic rings. The summed E-state index contributed by atoms with van der Waals surface area (Å²) in [5, 5.41) is 10.2. The van der Waals surface area contributed by atoms with Crippen molar-refractivity contribution in [1.29, 1.82) is 0 Å². The summed E-state index contributed by atoms with van der Waals surface area (Å²) in [5.41, 5.74) is 6.65. The van der Waals surface area contributed by atoms with E-state index in [4.69, 9.17) is 10.5 Å². The van der Waals surface area contributed by atoms with Gasteiger partial charge in [-0.15, -0.1) is 0 Å². The van der Waals surface area contributed by atoms with Gasteiger partial charge in [0.15, 0.2) is 0 Å². The number of hydrogen-bond acceptors (Lipinski definition) is 4. The Bertz CT molecular complexity index is 421. The molecule has 0 bridgehead atoms. The molecule has 21 heavy (non-hydrogen) atoms. The van der Waals surface area contributed by atoms with Gasteiger partial charge in [-0.3, -0.25) is 4.90 Å². The Kier molecular flexibility index (Phi) is 6.03. The molecule has 0 aromatic heterocycles. The zero-order valence-electron chi connectivity index (χ0n) is 13.2. The highest BCUT2D eigenvalue weighted by atomic mass is 16.5. The maximum Gasteiger partial charge on any atom is 0.119 e. The van der Waals surface area contributed by atoms with Crippen molar-refractivity contribution in [3.8, 4) is 5.75 Å². The third kappa shape index (κ3) is 4.99. The van der Waals surface area contributed by atoms with Gasteiger partial charge in [0.1, 0.15) is 18.5 Å². The third-order valence-electron chi connectivity index (χ3n) is 4.29. The Morgan fingerprint density at radius 3 is 2.67 bits per heavy atom. The first-order valence-corrected chi connectivity index (χ1v) is 7.92. The average molecular weight is 292 g/mol. The molecular formula is C17H28N2O2. The van der Waals surface area contributed by atoms with Crippen LogP contribution in [0.15, 0.2) is 24.3 Å². The maximum atomic E-state index is 10.2. The first-order chi connectivity index (χ1) is 10.1. The van der Waals surface area contributed by atoms with Gasteiger partial charge >= 0.3 is 0 Å². The molecule has 1 fully saturated rings. The van der Waals surface area contributed by atoms with E-state index in [1.54, 1.807) is 0 Å². The standard InChI is InChI=1S/C17H28N2O2/c1-13-3-4-14(2)19(10-13)11-16(20)12-21-17-7-5-15(9-18)6-8-17/h5-8,13-14,16,20H,3-4,9-12,18H2,1-2H3. The van der Waals surface area contributed by atoms with Crippen LogP contribution in [0.1, 0.15) is 32.3 Å². The van der Waals surface area contributed by atoms with Crippen LogP contribution in [0.25, 0.3) is 0 Å². The number of hydrogen-bond donors (Lipinski definition) is 2. The zero-order chi connectivity index (χ0) is 15.2. The van der Waals surface area contributed by atoms with Crippen molar-refractivity contribution in [2.45, 2.75) is 45.4 Å². The molecular weight excluding hydrogens is 264 g/mol. The number of aliphatic hydroxyl groups excluding tert-OH is 1. The molecule has 0 amide bonds. The zero-order valence-corrected chi connectivity index (χ0v) is 13.2. The largest absolute Gasteiger partial charge is 0.491 e. The predicted octanol–water partition coefficient (Wildman–Crippen LogP) is 2.01. The van der Waals surface area contributed by atoms with Crippen molar-refractivity contribution in [3.05, 3.63) is 29.8 Å². The second kappa shape index (κ2) is 7.78. The van der Waals surface area contributed by atoms with Crippen LogP contribution < -0.4 is 10.5 Å². The number of β-amino-alcohol motifs (C(OH)–C–C–N with tert-alkyl or cyclic N) is 1. The van der Waals surface area contributed by atoms with Gasteiger partial charge in [-0.25, -0.2) is 0 Å². The lowest BCUT2D eigenvalue weighted by Crippen LogP contribution is -2.46. The normalized spacial score (nSPS) is 24.8. The minimum absolute atomic E-state index is 0.333. The average Bonchev–Trinajstić information content (AvgIpc) is 2.49. The van der Waals surface area contributed by atoms with Crippen molar-refractivity contribution in [2.24, 2.45) is 11.7 Å². The molecule has 0 spiro atoms. The lowest BCUT2D eigenvalue weighted by molar-refractivity contribution is 0.0329. The summed E-state index contributed by atoms with van der Waals surface area (Å²) in [5.74, 6) is 1.50. The number of likely N-dealkylation sites (tertiary alicyclic amines) is 1. The lowest BCUT2D eigenvalue weighted by Gasteiger charge is -2.37. The molecule has 4 nitrogen and oxygen atoms in total. The van der Waals surface area contributed by atoms with Crippen LogP contribution >= 0.6 is 0 Å². The molecule has 1 aromatic rings. The van der Waals surface area contributed by atoms with Crippen LogP contribution in [0, 0.1) is 5.92 Å². The summed E-state index contributed by atoms with van der Waals surface area (Å²) >= 11 is 0. The van der Waals surface area contributed by atoms with E-state index in [9.17, 15) is 5.11 Å². The Labute approximate surface area is 127 Å². The number of piperidine rings is 1. The van der Waals surface area contributed by atoms with Crippen molar-refractivity contribution < 1.29 is 9.84 Å². The van der Waals surface area contributed by atoms with Gasteiger partial charge in [0, 0.05) is 25.7 Å². The Balaban J connectivity index is 1.77. The van der Waals surface area contributed by atoms with Gasteiger partial charge in [-0.1, -0.05) is 19.1 Å². The number of benzene rings is 1. The highest BCUT2D eigenvalue weighted by Gasteiger charge is 2.24. The molecule has 4 heteroatoms. The minimum atomic E-state index is -0.452. The van der Waals surface area contributed by atoms with E-state index in [1.807, 2.05) is 24.3 Å². The van der Waals surface area contributed by atoms with Crippen molar-refractivity contribution in [2.75, 3.05) is 19.7 Å². The second-order valence-corrected chi connectivity index (χ2v) is 6.30. The summed E-state index contributed by atoms with van der Waals surface area (Å²) in [4.78, 5) is 2.37. The van der Waals surface area contributed by atoms with Gasteiger partial charge in [0.25, 0.3) is 0 Å². The molecule has 0 saturated carbocycles. The maximum absolute atomic E-state index is 10.2. The molecule has 118 valence electrons. The molecule has 1 heterocycles. The van der Waals surface area contributed by atoms with Crippen molar-refractivity contribution >= 4 is 0 Å². The van der Waals surface area contributed by atoms with Crippen LogP contribution in [-0.4, -0.2) is 41.8 Å². The fourth-order valence-corrected chi connectivity index (χ4v) is 2.87. The van der Waals surface area contributed by atoms with E-state index in [2.05, 4.69) is 18.7 Å². The van der Waals surface area contributed by atoms with Crippen LogP contribution in [-0.2, 0) is 6.54 Å². The molecule has 3 atom stereocenters. The Morgan fingerprint density at radius 2 is 2.00 bits per heavy atom. The number of nitrogens with two attached hydrogens (primary N) is 1. The van der Waals surface area contributed by atoms with Crippen LogP contribution in [0.3, 0.4) is 0 Å². The highest BCUT2D eigenvalue weighted by molar-refractivity contribution is 5.27. The van der Waals surface area contributed by atoms with E-state index in [0.717, 1.165) is 23.8 Å². The monoisotopic (exact) mass is 292 g/mol. The summed E-state index contributed by atoms with van der Waals surface area (Å²) < 4.78 is 5.65. The van der Waals surface area contributed by atoms with E-state index < -0.39 is 6.10 Å². The second-order valence-electron chi connectivity index (χ2n) is 6.30. The summed E-state index contributed by atoms with van der Waals surface area (Å²) in [6.45, 7) is 7.15. The Hall–Kier alpha value is -1.10. The van der Waals surface area contributed by atoms with Gasteiger partial charge < -0.3 is 15.6 Å². The van der Waals surface area contributed by atoms with Gasteiger partial charge in [-0.05, 0) is 43.4 Å². The van der Waals surface area contributed by atoms with Crippen molar-refractivity contribution in [3.63, 3.8) is 0 Å². The van der Waals surface area contributed by atoms with Gasteiger partial charge in [-0.2, -0.15) is 0 Å². The molecule has 1 aliphatic heterocycles. The molecule has 0 radical (unpaired) electrons. The summed E-state index contributed by atoms with van der Waals surface area (Å²) in [6, 6.07) is 8.27. The molecule has 3 unspecified atom stereocenters. The first kappa shape index (κ1) is 16.3. The Morgan fingerprint density at radius 1 is 1.29 bits per heavy atom.